The van der Waals surface area contributed by atoms with E-state index in [4.69, 9.17) is 4.74 Å². The van der Waals surface area contributed by atoms with E-state index in [2.05, 4.69) is 11.9 Å². The molecule has 0 amide bonds. The fourth-order valence-electron chi connectivity index (χ4n) is 2.72. The van der Waals surface area contributed by atoms with Crippen LogP contribution in [0.5, 0.6) is 0 Å². The number of thioether (sulfide) groups is 1. The number of aromatic nitrogens is 2. The number of ether oxygens (including phenoxy) is 1. The van der Waals surface area contributed by atoms with Crippen LogP contribution < -0.4 is 5.56 Å². The molecule has 3 rings (SSSR count). The van der Waals surface area contributed by atoms with Gasteiger partial charge in [0.1, 0.15) is 4.83 Å². The molecule has 0 aliphatic heterocycles. The van der Waals surface area contributed by atoms with Crippen molar-refractivity contribution in [3.63, 3.8) is 0 Å². The van der Waals surface area contributed by atoms with E-state index in [-0.39, 0.29) is 11.5 Å². The van der Waals surface area contributed by atoms with Crippen molar-refractivity contribution in [2.75, 3.05) is 12.9 Å². The number of hydrogen-bond acceptors (Lipinski definition) is 6. The normalized spacial score (nSPS) is 11.1. The Bertz CT molecular complexity index is 1010. The number of esters is 1. The van der Waals surface area contributed by atoms with Crippen molar-refractivity contribution in [1.29, 1.82) is 0 Å². The summed E-state index contributed by atoms with van der Waals surface area (Å²) in [6.07, 6.45) is 3.61. The Balaban J connectivity index is 1.90. The van der Waals surface area contributed by atoms with Crippen LogP contribution in [0.2, 0.25) is 0 Å². The molecule has 0 aliphatic rings. The molecule has 0 fully saturated rings. The van der Waals surface area contributed by atoms with E-state index in [0.29, 0.717) is 29.3 Å². The third kappa shape index (κ3) is 4.25. The first-order valence-electron chi connectivity index (χ1n) is 8.90. The number of nitrogens with zero attached hydrogens (tertiary/aromatic N) is 2. The summed E-state index contributed by atoms with van der Waals surface area (Å²) < 4.78 is 6.84. The lowest BCUT2D eigenvalue weighted by Gasteiger charge is -2.11. The molecule has 0 atom stereocenters. The first-order valence-corrected chi connectivity index (χ1v) is 10.9. The van der Waals surface area contributed by atoms with E-state index < -0.39 is 0 Å². The lowest BCUT2D eigenvalue weighted by molar-refractivity contribution is 0.0505. The lowest BCUT2D eigenvalue weighted by Crippen LogP contribution is -2.23. The molecule has 2 aromatic heterocycles. The molecule has 5 nitrogen and oxygen atoms in total. The van der Waals surface area contributed by atoms with E-state index >= 15 is 0 Å². The second-order valence-electron chi connectivity index (χ2n) is 6.11. The molecule has 0 N–H and O–H groups in total. The minimum absolute atomic E-state index is 0.0215. The predicted octanol–water partition coefficient (Wildman–Crippen LogP) is 4.36. The van der Waals surface area contributed by atoms with E-state index in [0.717, 1.165) is 28.1 Å². The van der Waals surface area contributed by atoms with Gasteiger partial charge in [0.05, 0.1) is 24.1 Å². The van der Waals surface area contributed by atoms with Gasteiger partial charge in [0.25, 0.3) is 5.56 Å². The number of aryl methyl sites for hydroxylation is 1. The first kappa shape index (κ1) is 19.6. The van der Waals surface area contributed by atoms with Crippen LogP contribution in [0, 0.1) is 0 Å². The fourth-order valence-corrected chi connectivity index (χ4v) is 4.29. The van der Waals surface area contributed by atoms with Crippen molar-refractivity contribution in [2.24, 2.45) is 0 Å². The molecule has 0 bridgehead atoms. The zero-order chi connectivity index (χ0) is 19.4. The second kappa shape index (κ2) is 8.71. The maximum atomic E-state index is 13.0. The molecule has 3 aromatic rings. The Morgan fingerprint density at radius 3 is 2.63 bits per heavy atom. The van der Waals surface area contributed by atoms with Gasteiger partial charge in [-0.15, -0.1) is 11.3 Å². The zero-order valence-electron chi connectivity index (χ0n) is 15.7. The highest BCUT2D eigenvalue weighted by Gasteiger charge is 2.14. The second-order valence-corrected chi connectivity index (χ2v) is 8.00. The maximum Gasteiger partial charge on any atom is 0.338 e. The monoisotopic (exact) mass is 402 g/mol. The van der Waals surface area contributed by atoms with E-state index in [1.54, 1.807) is 28.0 Å². The SMILES string of the molecule is CCCOC(=O)c1ccc(Cn2c(SC)nc3sc(CC)cc3c2=O)cc1. The Hall–Kier alpha value is -2.12. The number of carbonyl (C=O) groups excluding carboxylic acids is 1. The Kier molecular flexibility index (Phi) is 6.34. The summed E-state index contributed by atoms with van der Waals surface area (Å²) in [5.41, 5.74) is 1.43. The molecule has 0 aliphatic carbocycles. The Morgan fingerprint density at radius 2 is 2.00 bits per heavy atom. The lowest BCUT2D eigenvalue weighted by atomic mass is 10.1. The molecular weight excluding hydrogens is 380 g/mol. The standard InChI is InChI=1S/C20H22N2O3S2/c1-4-10-25-19(24)14-8-6-13(7-9-14)12-22-18(23)16-11-15(5-2)27-17(16)21-20(22)26-3/h6-9,11H,4-5,10,12H2,1-3H3. The minimum Gasteiger partial charge on any atom is -0.462 e. The van der Waals surface area contributed by atoms with Crippen molar-refractivity contribution in [1.82, 2.24) is 9.55 Å². The molecule has 142 valence electrons. The number of hydrogen-bond donors (Lipinski definition) is 0. The quantitative estimate of drug-likeness (QED) is 0.334. The molecule has 0 saturated carbocycles. The highest BCUT2D eigenvalue weighted by molar-refractivity contribution is 7.98. The van der Waals surface area contributed by atoms with Gasteiger partial charge in [-0.3, -0.25) is 9.36 Å². The summed E-state index contributed by atoms with van der Waals surface area (Å²) in [5, 5.41) is 1.37. The minimum atomic E-state index is -0.321. The van der Waals surface area contributed by atoms with Crippen LogP contribution in [-0.2, 0) is 17.7 Å². The van der Waals surface area contributed by atoms with Gasteiger partial charge >= 0.3 is 5.97 Å². The highest BCUT2D eigenvalue weighted by Crippen LogP contribution is 2.24. The first-order chi connectivity index (χ1) is 13.1. The van der Waals surface area contributed by atoms with Gasteiger partial charge in [-0.25, -0.2) is 9.78 Å². The van der Waals surface area contributed by atoms with Crippen LogP contribution in [0.3, 0.4) is 0 Å². The van der Waals surface area contributed by atoms with E-state index in [1.807, 2.05) is 31.4 Å². The van der Waals surface area contributed by atoms with Crippen molar-refractivity contribution >= 4 is 39.3 Å². The average Bonchev–Trinajstić information content (AvgIpc) is 3.12. The van der Waals surface area contributed by atoms with Gasteiger partial charge in [-0.2, -0.15) is 0 Å². The van der Waals surface area contributed by atoms with Gasteiger partial charge < -0.3 is 4.74 Å². The summed E-state index contributed by atoms with van der Waals surface area (Å²) in [5.74, 6) is -0.321. The van der Waals surface area contributed by atoms with Crippen LogP contribution in [0.4, 0.5) is 0 Å². The van der Waals surface area contributed by atoms with Crippen LogP contribution in [-0.4, -0.2) is 28.4 Å². The third-order valence-electron chi connectivity index (χ3n) is 4.17. The molecule has 27 heavy (non-hydrogen) atoms. The third-order valence-corrected chi connectivity index (χ3v) is 6.02. The fraction of sp³-hybridized carbons (Fsp3) is 0.350. The molecule has 0 radical (unpaired) electrons. The summed E-state index contributed by atoms with van der Waals surface area (Å²) in [6.45, 7) is 4.86. The summed E-state index contributed by atoms with van der Waals surface area (Å²) in [6, 6.07) is 9.14. The van der Waals surface area contributed by atoms with Gasteiger partial charge in [-0.1, -0.05) is 37.7 Å². The number of benzene rings is 1. The molecule has 7 heteroatoms. The van der Waals surface area contributed by atoms with Crippen molar-refractivity contribution in [3.05, 3.63) is 56.7 Å². The molecular formula is C20H22N2O3S2. The van der Waals surface area contributed by atoms with Crippen LogP contribution in [0.1, 0.15) is 41.1 Å². The zero-order valence-corrected chi connectivity index (χ0v) is 17.3. The van der Waals surface area contributed by atoms with E-state index in [1.165, 1.54) is 11.8 Å². The van der Waals surface area contributed by atoms with Crippen molar-refractivity contribution in [3.8, 4) is 0 Å². The molecule has 0 saturated heterocycles. The summed E-state index contributed by atoms with van der Waals surface area (Å²) in [4.78, 5) is 31.5. The van der Waals surface area contributed by atoms with Crippen LogP contribution in [0.15, 0.2) is 40.3 Å². The number of carbonyl (C=O) groups is 1. The molecule has 1 aromatic carbocycles. The van der Waals surface area contributed by atoms with Crippen LogP contribution in [0.25, 0.3) is 10.2 Å². The predicted molar refractivity (Wildman–Crippen MR) is 111 cm³/mol. The topological polar surface area (TPSA) is 61.2 Å². The summed E-state index contributed by atoms with van der Waals surface area (Å²) >= 11 is 3.04. The van der Waals surface area contributed by atoms with Gasteiger partial charge in [0, 0.05) is 4.88 Å². The Labute approximate surface area is 166 Å². The maximum absolute atomic E-state index is 13.0. The number of rotatable bonds is 7. The highest BCUT2D eigenvalue weighted by atomic mass is 32.2. The summed E-state index contributed by atoms with van der Waals surface area (Å²) in [7, 11) is 0. The molecule has 0 unspecified atom stereocenters. The largest absolute Gasteiger partial charge is 0.462 e. The van der Waals surface area contributed by atoms with Crippen molar-refractivity contribution in [2.45, 2.75) is 38.4 Å². The molecule has 2 heterocycles. The van der Waals surface area contributed by atoms with Crippen LogP contribution >= 0.6 is 23.1 Å². The van der Waals surface area contributed by atoms with Gasteiger partial charge in [-0.05, 0) is 42.9 Å². The average molecular weight is 403 g/mol. The van der Waals surface area contributed by atoms with E-state index in [9.17, 15) is 9.59 Å². The number of thiophene rings is 1. The van der Waals surface area contributed by atoms with Gasteiger partial charge in [0.2, 0.25) is 0 Å². The number of fused-ring (bicyclic) bond motifs is 1. The smallest absolute Gasteiger partial charge is 0.338 e. The van der Waals surface area contributed by atoms with Gasteiger partial charge in [0.15, 0.2) is 5.16 Å². The van der Waals surface area contributed by atoms with Crippen molar-refractivity contribution < 1.29 is 9.53 Å². The molecule has 0 spiro atoms. The Morgan fingerprint density at radius 1 is 1.26 bits per heavy atom.